The molecular weight excluding hydrogens is 459 g/mol. The molecule has 0 spiro atoms. The Morgan fingerprint density at radius 1 is 0.973 bits per heavy atom. The molecule has 0 bridgehead atoms. The van der Waals surface area contributed by atoms with E-state index >= 15 is 0 Å². The van der Waals surface area contributed by atoms with Gasteiger partial charge in [-0.05, 0) is 98.1 Å². The predicted molar refractivity (Wildman–Crippen MR) is 149 cm³/mol. The average Bonchev–Trinajstić information content (AvgIpc) is 2.92. The van der Waals surface area contributed by atoms with Gasteiger partial charge in [0.15, 0.2) is 0 Å². The molecule has 1 fully saturated rings. The molecule has 3 aromatic carbocycles. The van der Waals surface area contributed by atoms with Gasteiger partial charge in [-0.3, -0.25) is 0 Å². The second-order valence-corrected chi connectivity index (χ2v) is 10.5. The van der Waals surface area contributed by atoms with Crippen LogP contribution in [0.1, 0.15) is 90.9 Å². The highest BCUT2D eigenvalue weighted by Crippen LogP contribution is 2.30. The third kappa shape index (κ3) is 7.89. The van der Waals surface area contributed by atoms with E-state index in [1.807, 2.05) is 6.07 Å². The smallest absolute Gasteiger partial charge is 0.338 e. The largest absolute Gasteiger partial charge is 0.459 e. The lowest BCUT2D eigenvalue weighted by Crippen LogP contribution is -2.24. The number of hydrogen-bond donors (Lipinski definition) is 0. The molecule has 0 N–H and O–H groups in total. The minimum Gasteiger partial charge on any atom is -0.459 e. The zero-order valence-corrected chi connectivity index (χ0v) is 22.2. The molecule has 0 saturated heterocycles. The number of rotatable bonds is 10. The summed E-state index contributed by atoms with van der Waals surface area (Å²) < 4.78 is 20.6. The highest BCUT2D eigenvalue weighted by atomic mass is 19.1. The molecule has 1 atom stereocenters. The van der Waals surface area contributed by atoms with Crippen LogP contribution in [0.4, 0.5) is 4.39 Å². The number of esters is 1. The van der Waals surface area contributed by atoms with E-state index in [1.165, 1.54) is 23.6 Å². The molecule has 0 amide bonds. The van der Waals surface area contributed by atoms with E-state index in [2.05, 4.69) is 74.5 Å². The summed E-state index contributed by atoms with van der Waals surface area (Å²) in [4.78, 5) is 12.7. The SMILES string of the molecule is C/C=C/CCC1CCC(OC(=O)c2ccc(Cc3ccc(C[C@@H](C)c4ccccc4)cc3)c(F)c2)CC1. The molecule has 3 aromatic rings. The second kappa shape index (κ2) is 13.4. The minimum atomic E-state index is -0.417. The first-order valence-corrected chi connectivity index (χ1v) is 13.7. The third-order valence-electron chi connectivity index (χ3n) is 7.66. The number of allylic oxidation sites excluding steroid dienone is 2. The molecule has 0 heterocycles. The zero-order valence-electron chi connectivity index (χ0n) is 22.2. The molecule has 1 aliphatic rings. The summed E-state index contributed by atoms with van der Waals surface area (Å²) in [5.41, 5.74) is 4.53. The van der Waals surface area contributed by atoms with Crippen molar-refractivity contribution in [2.75, 3.05) is 0 Å². The Kier molecular flexibility index (Phi) is 9.71. The fourth-order valence-electron chi connectivity index (χ4n) is 5.34. The van der Waals surface area contributed by atoms with Gasteiger partial charge in [0.25, 0.3) is 0 Å². The van der Waals surface area contributed by atoms with E-state index in [4.69, 9.17) is 4.74 Å². The van der Waals surface area contributed by atoms with Crippen molar-refractivity contribution in [3.63, 3.8) is 0 Å². The summed E-state index contributed by atoms with van der Waals surface area (Å²) >= 11 is 0. The number of carbonyl (C=O) groups excluding carboxylic acids is 1. The Hall–Kier alpha value is -3.20. The van der Waals surface area contributed by atoms with Crippen molar-refractivity contribution in [2.45, 2.75) is 77.2 Å². The van der Waals surface area contributed by atoms with Crippen molar-refractivity contribution >= 4 is 5.97 Å². The van der Waals surface area contributed by atoms with Crippen molar-refractivity contribution in [3.05, 3.63) is 119 Å². The molecule has 0 unspecified atom stereocenters. The van der Waals surface area contributed by atoms with Crippen molar-refractivity contribution in [1.29, 1.82) is 0 Å². The Balaban J connectivity index is 1.28. The number of halogens is 1. The Morgan fingerprint density at radius 3 is 2.35 bits per heavy atom. The Labute approximate surface area is 221 Å². The highest BCUT2D eigenvalue weighted by Gasteiger charge is 2.24. The molecule has 0 aromatic heterocycles. The van der Waals surface area contributed by atoms with Gasteiger partial charge in [-0.2, -0.15) is 0 Å². The van der Waals surface area contributed by atoms with E-state index in [0.717, 1.165) is 44.1 Å². The van der Waals surface area contributed by atoms with Gasteiger partial charge in [0.1, 0.15) is 11.9 Å². The van der Waals surface area contributed by atoms with Gasteiger partial charge in [-0.15, -0.1) is 0 Å². The van der Waals surface area contributed by atoms with E-state index in [0.29, 0.717) is 29.4 Å². The van der Waals surface area contributed by atoms with Crippen LogP contribution in [0, 0.1) is 11.7 Å². The lowest BCUT2D eigenvalue weighted by atomic mass is 9.84. The summed E-state index contributed by atoms with van der Waals surface area (Å²) in [7, 11) is 0. The quantitative estimate of drug-likeness (QED) is 0.206. The first-order valence-electron chi connectivity index (χ1n) is 13.7. The first kappa shape index (κ1) is 26.9. The molecular formula is C34H39FO2. The molecule has 1 saturated carbocycles. The Morgan fingerprint density at radius 2 is 1.68 bits per heavy atom. The fraction of sp³-hybridized carbons (Fsp3) is 0.382. The number of carbonyl (C=O) groups is 1. The number of benzene rings is 3. The molecule has 0 aliphatic heterocycles. The summed E-state index contributed by atoms with van der Waals surface area (Å²) in [5.74, 6) is 0.378. The summed E-state index contributed by atoms with van der Waals surface area (Å²) in [6, 6.07) is 23.7. The van der Waals surface area contributed by atoms with E-state index in [9.17, 15) is 9.18 Å². The summed E-state index contributed by atoms with van der Waals surface area (Å²) in [6.07, 6.45) is 12.0. The van der Waals surface area contributed by atoms with Crippen LogP contribution >= 0.6 is 0 Å². The average molecular weight is 499 g/mol. The highest BCUT2D eigenvalue weighted by molar-refractivity contribution is 5.89. The number of ether oxygens (including phenoxy) is 1. The van der Waals surface area contributed by atoms with Crippen LogP contribution in [0.25, 0.3) is 0 Å². The molecule has 37 heavy (non-hydrogen) atoms. The van der Waals surface area contributed by atoms with Crippen LogP contribution in [0.5, 0.6) is 0 Å². The maximum Gasteiger partial charge on any atom is 0.338 e. The van der Waals surface area contributed by atoms with Gasteiger partial charge in [0.05, 0.1) is 5.56 Å². The topological polar surface area (TPSA) is 26.3 Å². The maximum absolute atomic E-state index is 14.9. The van der Waals surface area contributed by atoms with Crippen molar-refractivity contribution in [2.24, 2.45) is 5.92 Å². The van der Waals surface area contributed by atoms with Crippen LogP contribution in [-0.4, -0.2) is 12.1 Å². The van der Waals surface area contributed by atoms with Gasteiger partial charge in [-0.1, -0.05) is 79.7 Å². The van der Waals surface area contributed by atoms with E-state index in [-0.39, 0.29) is 11.9 Å². The zero-order chi connectivity index (χ0) is 26.0. The monoisotopic (exact) mass is 498 g/mol. The lowest BCUT2D eigenvalue weighted by Gasteiger charge is -2.28. The van der Waals surface area contributed by atoms with Crippen LogP contribution in [0.15, 0.2) is 84.9 Å². The maximum atomic E-state index is 14.9. The second-order valence-electron chi connectivity index (χ2n) is 10.5. The molecule has 194 valence electrons. The minimum absolute atomic E-state index is 0.0590. The summed E-state index contributed by atoms with van der Waals surface area (Å²) in [5, 5.41) is 0. The molecule has 0 radical (unpaired) electrons. The Bertz CT molecular complexity index is 1160. The van der Waals surface area contributed by atoms with E-state index < -0.39 is 5.97 Å². The molecule has 3 heteroatoms. The normalized spacial score (nSPS) is 18.6. The standard InChI is InChI=1S/C34H39FO2/c1-3-4-6-9-26-16-20-32(21-17-26)37-34(36)31-19-18-30(33(35)24-31)23-28-14-12-27(13-15-28)22-25(2)29-10-7-5-8-11-29/h3-5,7-8,10-15,18-19,24-26,32H,6,9,16-17,20-23H2,1-2H3/b4-3+/t25-,26?,32?/m1/s1. The van der Waals surface area contributed by atoms with Crippen molar-refractivity contribution in [1.82, 2.24) is 0 Å². The molecule has 2 nitrogen and oxygen atoms in total. The van der Waals surface area contributed by atoms with Crippen molar-refractivity contribution < 1.29 is 13.9 Å². The summed E-state index contributed by atoms with van der Waals surface area (Å²) in [6.45, 7) is 4.29. The van der Waals surface area contributed by atoms with Gasteiger partial charge >= 0.3 is 5.97 Å². The number of hydrogen-bond acceptors (Lipinski definition) is 2. The van der Waals surface area contributed by atoms with Crippen molar-refractivity contribution in [3.8, 4) is 0 Å². The lowest BCUT2D eigenvalue weighted by molar-refractivity contribution is 0.0162. The predicted octanol–water partition coefficient (Wildman–Crippen LogP) is 8.83. The van der Waals surface area contributed by atoms with Gasteiger partial charge in [0.2, 0.25) is 0 Å². The van der Waals surface area contributed by atoms with Gasteiger partial charge < -0.3 is 4.74 Å². The van der Waals surface area contributed by atoms with Crippen LogP contribution in [0.3, 0.4) is 0 Å². The third-order valence-corrected chi connectivity index (χ3v) is 7.66. The first-order chi connectivity index (χ1) is 18.0. The fourth-order valence-corrected chi connectivity index (χ4v) is 5.34. The van der Waals surface area contributed by atoms with Gasteiger partial charge in [-0.25, -0.2) is 9.18 Å². The van der Waals surface area contributed by atoms with E-state index in [1.54, 1.807) is 12.1 Å². The van der Waals surface area contributed by atoms with Crippen LogP contribution in [0.2, 0.25) is 0 Å². The molecule has 1 aliphatic carbocycles. The van der Waals surface area contributed by atoms with Gasteiger partial charge in [0, 0.05) is 6.42 Å². The van der Waals surface area contributed by atoms with Crippen LogP contribution in [-0.2, 0) is 17.6 Å². The molecule has 4 rings (SSSR count). The van der Waals surface area contributed by atoms with Crippen LogP contribution < -0.4 is 0 Å².